The molecule has 0 saturated carbocycles. The fraction of sp³-hybridized carbons (Fsp3) is 0. The number of fused-ring (bicyclic) bond motifs is 9. The van der Waals surface area contributed by atoms with Gasteiger partial charge in [0.1, 0.15) is 0 Å². The second kappa shape index (κ2) is 16.2. The van der Waals surface area contributed by atoms with E-state index in [9.17, 15) is 26.0 Å². The number of aromatic nitrogens is 5. The number of hydrogen-bond acceptors (Lipinski definition) is 4. The van der Waals surface area contributed by atoms with E-state index >= 15 is 0 Å². The van der Waals surface area contributed by atoms with Gasteiger partial charge in [-0.2, -0.15) is 9.97 Å². The zero-order valence-corrected chi connectivity index (χ0v) is 37.5. The van der Waals surface area contributed by atoms with E-state index < -0.39 is 260 Å². The van der Waals surface area contributed by atoms with Crippen molar-refractivity contribution in [1.29, 1.82) is 0 Å². The molecule has 0 N–H and O–H groups in total. The molecule has 0 radical (unpaired) electrons. The van der Waals surface area contributed by atoms with Crippen LogP contribution in [0.4, 0.5) is 0 Å². The molecule has 4 aromatic heterocycles. The zero-order valence-electron chi connectivity index (χ0n) is 63.6. The molecule has 0 fully saturated rings. The van der Waals surface area contributed by atoms with E-state index in [1.165, 1.54) is 17.4 Å². The van der Waals surface area contributed by atoms with Crippen LogP contribution in [0.15, 0.2) is 248 Å². The molecule has 1 unspecified atom stereocenters. The van der Waals surface area contributed by atoms with Gasteiger partial charge in [-0.3, -0.25) is 4.57 Å². The lowest BCUT2D eigenvalue weighted by Gasteiger charge is -2.35. The van der Waals surface area contributed by atoms with Crippen LogP contribution in [0.2, 0.25) is 0 Å². The summed E-state index contributed by atoms with van der Waals surface area (Å²) in [4.78, 5) is 14.4. The van der Waals surface area contributed by atoms with Gasteiger partial charge in [0, 0.05) is 52.8 Å². The van der Waals surface area contributed by atoms with Gasteiger partial charge in [-0.15, -0.1) is 11.3 Å². The maximum absolute atomic E-state index is 10.9. The van der Waals surface area contributed by atoms with Crippen molar-refractivity contribution in [1.82, 2.24) is 24.1 Å². The monoisotopic (exact) mass is 955 g/mol. The topological polar surface area (TPSA) is 48.5 Å². The van der Waals surface area contributed by atoms with Crippen molar-refractivity contribution in [2.45, 2.75) is 0 Å². The molecule has 0 bridgehead atoms. The van der Waals surface area contributed by atoms with E-state index in [1.54, 1.807) is 48.5 Å². The first-order chi connectivity index (χ1) is 46.4. The first kappa shape index (κ1) is 21.3. The molecular weight excluding hydrogens is 887 g/mol. The Balaban J connectivity index is 1.24. The number of para-hydroxylation sites is 5. The van der Waals surface area contributed by atoms with Crippen LogP contribution in [0.1, 0.15) is 38.4 Å². The predicted molar refractivity (Wildman–Crippen MR) is 296 cm³/mol. The van der Waals surface area contributed by atoms with Crippen molar-refractivity contribution in [2.24, 2.45) is 0 Å². The Kier molecular flexibility index (Phi) is 4.92. The standard InChI is InChI=1S/C63H41N5SSi/c1-3-22-43(23-4-1)70(44-24-5-2-6-25-44,59-40-20-39-58-60(59)51-32-12-18-38-57(51)69-58)45-26-19-21-42(41-45)61-64-62(66-63(65-61)68-54-35-15-9-29-48(54)49-30-10-16-36-55(49)68)50-31-11-17-37-56(50)67-52-33-13-7-27-46(52)47-28-8-14-34-53(47)67/h1-41H/i1D,3D,4D,7D,8D,9D,10D,11D,13D,14D,15D,16D,17D,19D,21D,22D,26D,27D,28D,29D,30D,31D,33D,34D,35D,36D,37D,41D. The third kappa shape index (κ3) is 6.12. The Morgan fingerprint density at radius 3 is 1.71 bits per heavy atom. The van der Waals surface area contributed by atoms with Gasteiger partial charge >= 0.3 is 0 Å². The van der Waals surface area contributed by atoms with E-state index in [1.807, 2.05) is 24.3 Å². The van der Waals surface area contributed by atoms with Crippen molar-refractivity contribution in [2.75, 3.05) is 0 Å². The van der Waals surface area contributed by atoms with Gasteiger partial charge in [0.15, 0.2) is 19.7 Å². The van der Waals surface area contributed by atoms with Gasteiger partial charge in [0.05, 0.1) is 66.1 Å². The number of benzene rings is 10. The molecule has 7 heteroatoms. The molecule has 4 heterocycles. The molecule has 0 aliphatic rings. The van der Waals surface area contributed by atoms with Gasteiger partial charge in [-0.25, -0.2) is 4.98 Å². The predicted octanol–water partition coefficient (Wildman–Crippen LogP) is 13.1. The molecule has 0 amide bonds. The molecule has 10 aromatic carbocycles. The van der Waals surface area contributed by atoms with Crippen LogP contribution in [-0.2, 0) is 0 Å². The summed E-state index contributed by atoms with van der Waals surface area (Å²) in [5.41, 5.74) is -5.13. The van der Waals surface area contributed by atoms with E-state index in [4.69, 9.17) is 27.3 Å². The Morgan fingerprint density at radius 2 is 0.986 bits per heavy atom. The summed E-state index contributed by atoms with van der Waals surface area (Å²) in [7, 11) is -4.97. The van der Waals surface area contributed by atoms with E-state index in [0.717, 1.165) is 13.8 Å². The lowest BCUT2D eigenvalue weighted by molar-refractivity contribution is 0.952. The van der Waals surface area contributed by atoms with Crippen molar-refractivity contribution in [3.63, 3.8) is 0 Å². The van der Waals surface area contributed by atoms with Gasteiger partial charge in [-0.1, -0.05) is 200 Å². The summed E-state index contributed by atoms with van der Waals surface area (Å²) in [5.74, 6) is -2.86. The minimum atomic E-state index is -4.97. The molecule has 14 aromatic rings. The van der Waals surface area contributed by atoms with Gasteiger partial charge in [0.25, 0.3) is 0 Å². The molecule has 0 spiro atoms. The molecule has 5 nitrogen and oxygen atoms in total. The smallest absolute Gasteiger partial charge is 0.238 e. The van der Waals surface area contributed by atoms with E-state index in [2.05, 4.69) is 0 Å². The highest BCUT2D eigenvalue weighted by Crippen LogP contribution is 2.38. The highest BCUT2D eigenvalue weighted by Gasteiger charge is 2.43. The highest BCUT2D eigenvalue weighted by molar-refractivity contribution is 7.27. The number of nitrogens with zero attached hydrogens (tertiary/aromatic N) is 5. The minimum Gasteiger partial charge on any atom is -0.309 e. The molecule has 328 valence electrons. The maximum Gasteiger partial charge on any atom is 0.238 e. The normalized spacial score (nSPS) is 18.3. The second-order valence-corrected chi connectivity index (χ2v) is 20.5. The molecule has 0 saturated heterocycles. The van der Waals surface area contributed by atoms with Crippen molar-refractivity contribution >= 4 is 104 Å². The summed E-state index contributed by atoms with van der Waals surface area (Å²) in [6.45, 7) is 0. The summed E-state index contributed by atoms with van der Waals surface area (Å²) >= 11 is 1.38. The van der Waals surface area contributed by atoms with Crippen LogP contribution in [0, 0.1) is 0 Å². The summed E-state index contributed by atoms with van der Waals surface area (Å²) < 4.78 is 265. The van der Waals surface area contributed by atoms with Crippen LogP contribution in [0.5, 0.6) is 0 Å². The van der Waals surface area contributed by atoms with Crippen LogP contribution in [-0.4, -0.2) is 32.2 Å². The van der Waals surface area contributed by atoms with E-state index in [-0.39, 0.29) is 10.4 Å². The van der Waals surface area contributed by atoms with Crippen LogP contribution < -0.4 is 20.7 Å². The van der Waals surface area contributed by atoms with Crippen molar-refractivity contribution in [3.05, 3.63) is 248 Å². The van der Waals surface area contributed by atoms with Gasteiger partial charge < -0.3 is 4.57 Å². The summed E-state index contributed by atoms with van der Waals surface area (Å²) in [5, 5.41) is -0.810. The maximum atomic E-state index is 10.9. The largest absolute Gasteiger partial charge is 0.309 e. The molecule has 0 aliphatic carbocycles. The lowest BCUT2D eigenvalue weighted by Crippen LogP contribution is -2.74. The number of rotatable bonds is 8. The fourth-order valence-corrected chi connectivity index (χ4v) is 15.1. The van der Waals surface area contributed by atoms with Gasteiger partial charge in [-0.05, 0) is 69.1 Å². The molecule has 14 rings (SSSR count). The average molecular weight is 956 g/mol. The lowest BCUT2D eigenvalue weighted by atomic mass is 10.1. The van der Waals surface area contributed by atoms with Crippen LogP contribution >= 0.6 is 11.3 Å². The molecule has 1 atom stereocenters. The molecular formula is C63H41N5SSi. The zero-order chi connectivity index (χ0) is 70.5. The fourth-order valence-electron chi connectivity index (χ4n) is 9.36. The third-order valence-corrected chi connectivity index (χ3v) is 17.8. The van der Waals surface area contributed by atoms with Crippen LogP contribution in [0.25, 0.3) is 98.2 Å². The number of thiophene rings is 1. The Morgan fingerprint density at radius 1 is 0.400 bits per heavy atom. The second-order valence-electron chi connectivity index (χ2n) is 15.8. The Labute approximate surface area is 448 Å². The Bertz CT molecular complexity index is 5860. The minimum absolute atomic E-state index is 0.125. The van der Waals surface area contributed by atoms with Gasteiger partial charge in [0.2, 0.25) is 5.95 Å². The quantitative estimate of drug-likeness (QED) is 0.113. The molecule has 70 heavy (non-hydrogen) atoms. The van der Waals surface area contributed by atoms with Crippen molar-refractivity contribution < 1.29 is 38.4 Å². The summed E-state index contributed by atoms with van der Waals surface area (Å²) in [6, 6.07) is -2.44. The number of hydrogen-bond donors (Lipinski definition) is 0. The van der Waals surface area contributed by atoms with Crippen molar-refractivity contribution in [3.8, 4) is 34.4 Å². The highest BCUT2D eigenvalue weighted by atomic mass is 32.1. The Hall–Kier alpha value is -8.75. The molecule has 0 aliphatic heterocycles. The average Bonchev–Trinajstić information content (AvgIpc) is 1.30. The van der Waals surface area contributed by atoms with Crippen LogP contribution in [0.3, 0.4) is 0 Å². The first-order valence-corrected chi connectivity index (χ1v) is 24.2. The summed E-state index contributed by atoms with van der Waals surface area (Å²) in [6.07, 6.45) is 0. The third-order valence-electron chi connectivity index (χ3n) is 12.2. The SMILES string of the molecule is [2H]c1cc([Si](c2ccccc2)(c2c([2H])c([2H])c([2H])c(-c3nc(-c4c([2H])c([2H])c([2H])c([2H])c4-n4c5c([2H])c([2H])c([2H])c([2H])c5c5c([2H])c([2H])c([2H])c([2H])c54)nc(-n4c5c([2H])c([2H])c([2H])c([2H])c5c5c([2H])c([2H])c([2H])c([2H])c54)n3)c2[2H])c2cccc3sc4ccccc4c23)c([2H])c([2H])c1[2H]. The first-order valence-electron chi connectivity index (χ1n) is 35.4. The van der Waals surface area contributed by atoms with E-state index in [0.29, 0.717) is 20.7 Å².